The predicted octanol–water partition coefficient (Wildman–Crippen LogP) is 2.77. The maximum Gasteiger partial charge on any atom is 0.133 e. The van der Waals surface area contributed by atoms with E-state index in [9.17, 15) is 4.79 Å². The maximum atomic E-state index is 12.0. The Labute approximate surface area is 111 Å². The summed E-state index contributed by atoms with van der Waals surface area (Å²) < 4.78 is 5.32. The molecule has 1 fully saturated rings. The van der Waals surface area contributed by atoms with E-state index in [1.165, 1.54) is 0 Å². The topological polar surface area (TPSA) is 52.3 Å². The Morgan fingerprint density at radius 2 is 1.94 bits per heavy atom. The number of carbonyl (C=O) groups excluding carboxylic acids is 1. The van der Waals surface area contributed by atoms with Crippen molar-refractivity contribution in [3.05, 3.63) is 0 Å². The van der Waals surface area contributed by atoms with E-state index in [1.54, 1.807) is 0 Å². The van der Waals surface area contributed by atoms with Crippen LogP contribution in [0.15, 0.2) is 0 Å². The molecular weight excluding hydrogens is 226 g/mol. The van der Waals surface area contributed by atoms with Gasteiger partial charge in [-0.25, -0.2) is 0 Å². The van der Waals surface area contributed by atoms with Gasteiger partial charge in [0.05, 0.1) is 0 Å². The lowest BCUT2D eigenvalue weighted by atomic mass is 9.86. The third-order valence-corrected chi connectivity index (χ3v) is 4.13. The smallest absolute Gasteiger partial charge is 0.133 e. The number of hydrogen-bond donors (Lipinski definition) is 1. The largest absolute Gasteiger partial charge is 0.381 e. The highest BCUT2D eigenvalue weighted by Crippen LogP contribution is 2.23. The molecule has 1 saturated heterocycles. The van der Waals surface area contributed by atoms with Crippen LogP contribution >= 0.6 is 0 Å². The van der Waals surface area contributed by atoms with Crippen LogP contribution in [0.4, 0.5) is 0 Å². The summed E-state index contributed by atoms with van der Waals surface area (Å²) in [6.45, 7) is 6.85. The molecule has 0 aliphatic carbocycles. The molecule has 0 aromatic carbocycles. The summed E-state index contributed by atoms with van der Waals surface area (Å²) in [5.74, 6) is 2.24. The van der Waals surface area contributed by atoms with E-state index in [-0.39, 0.29) is 0 Å². The van der Waals surface area contributed by atoms with Crippen molar-refractivity contribution in [3.63, 3.8) is 0 Å². The number of hydrogen-bond acceptors (Lipinski definition) is 3. The Bertz CT molecular complexity index is 235. The molecule has 1 atom stereocenters. The minimum Gasteiger partial charge on any atom is -0.381 e. The zero-order chi connectivity index (χ0) is 13.4. The first-order valence-corrected chi connectivity index (χ1v) is 7.43. The molecule has 3 nitrogen and oxygen atoms in total. The van der Waals surface area contributed by atoms with E-state index in [0.29, 0.717) is 23.5 Å². The fourth-order valence-corrected chi connectivity index (χ4v) is 2.75. The van der Waals surface area contributed by atoms with Crippen molar-refractivity contribution < 1.29 is 9.53 Å². The summed E-state index contributed by atoms with van der Waals surface area (Å²) in [6.07, 6.45) is 5.67. The van der Waals surface area contributed by atoms with Gasteiger partial charge in [0, 0.05) is 26.1 Å². The van der Waals surface area contributed by atoms with Gasteiger partial charge in [0.1, 0.15) is 5.78 Å². The summed E-state index contributed by atoms with van der Waals surface area (Å²) >= 11 is 0. The van der Waals surface area contributed by atoms with Crippen molar-refractivity contribution in [1.82, 2.24) is 0 Å². The standard InChI is InChI=1S/C15H29NO2/c1-12(2)14(5-8-16)3-4-15(17)11-13-6-9-18-10-7-13/h12-14H,3-11,16H2,1-2H3. The molecule has 0 aromatic heterocycles. The van der Waals surface area contributed by atoms with Gasteiger partial charge < -0.3 is 10.5 Å². The summed E-state index contributed by atoms with van der Waals surface area (Å²) in [5, 5.41) is 0. The molecule has 3 heteroatoms. The van der Waals surface area contributed by atoms with Crippen LogP contribution in [0.2, 0.25) is 0 Å². The van der Waals surface area contributed by atoms with Crippen LogP contribution in [0.1, 0.15) is 52.4 Å². The SMILES string of the molecule is CC(C)C(CCN)CCC(=O)CC1CCOCC1. The van der Waals surface area contributed by atoms with Crippen LogP contribution in [0.5, 0.6) is 0 Å². The number of ketones is 1. The van der Waals surface area contributed by atoms with Crippen LogP contribution < -0.4 is 5.73 Å². The highest BCUT2D eigenvalue weighted by atomic mass is 16.5. The van der Waals surface area contributed by atoms with Gasteiger partial charge in [0.2, 0.25) is 0 Å². The Morgan fingerprint density at radius 1 is 1.28 bits per heavy atom. The van der Waals surface area contributed by atoms with Crippen molar-refractivity contribution in [2.45, 2.75) is 52.4 Å². The van der Waals surface area contributed by atoms with Crippen LogP contribution in [-0.4, -0.2) is 25.5 Å². The molecule has 1 aliphatic heterocycles. The Balaban J connectivity index is 2.21. The molecule has 18 heavy (non-hydrogen) atoms. The second-order valence-corrected chi connectivity index (χ2v) is 5.92. The van der Waals surface area contributed by atoms with Crippen molar-refractivity contribution in [2.75, 3.05) is 19.8 Å². The third-order valence-electron chi connectivity index (χ3n) is 4.13. The number of ether oxygens (including phenoxy) is 1. The van der Waals surface area contributed by atoms with Gasteiger partial charge in [-0.15, -0.1) is 0 Å². The van der Waals surface area contributed by atoms with Gasteiger partial charge in [-0.1, -0.05) is 13.8 Å². The molecule has 0 radical (unpaired) electrons. The molecule has 2 N–H and O–H groups in total. The Hall–Kier alpha value is -0.410. The Morgan fingerprint density at radius 3 is 2.50 bits per heavy atom. The van der Waals surface area contributed by atoms with Crippen molar-refractivity contribution in [3.8, 4) is 0 Å². The van der Waals surface area contributed by atoms with Crippen LogP contribution in [-0.2, 0) is 9.53 Å². The van der Waals surface area contributed by atoms with Gasteiger partial charge in [-0.05, 0) is 50.0 Å². The number of carbonyl (C=O) groups is 1. The molecule has 0 spiro atoms. The van der Waals surface area contributed by atoms with Crippen LogP contribution in [0.25, 0.3) is 0 Å². The molecule has 0 bridgehead atoms. The number of rotatable bonds is 8. The zero-order valence-corrected chi connectivity index (χ0v) is 12.0. The molecule has 106 valence electrons. The molecular formula is C15H29NO2. The fourth-order valence-electron chi connectivity index (χ4n) is 2.75. The van der Waals surface area contributed by atoms with E-state index < -0.39 is 0 Å². The molecule has 1 rings (SSSR count). The second kappa shape index (κ2) is 8.65. The summed E-state index contributed by atoms with van der Waals surface area (Å²) in [6, 6.07) is 0. The lowest BCUT2D eigenvalue weighted by Gasteiger charge is -2.22. The lowest BCUT2D eigenvalue weighted by molar-refractivity contribution is -0.121. The molecule has 1 heterocycles. The van der Waals surface area contributed by atoms with Crippen molar-refractivity contribution in [2.24, 2.45) is 23.5 Å². The van der Waals surface area contributed by atoms with E-state index in [4.69, 9.17) is 10.5 Å². The van der Waals surface area contributed by atoms with Gasteiger partial charge in [-0.2, -0.15) is 0 Å². The predicted molar refractivity (Wildman–Crippen MR) is 74.4 cm³/mol. The van der Waals surface area contributed by atoms with E-state index in [1.807, 2.05) is 0 Å². The fraction of sp³-hybridized carbons (Fsp3) is 0.933. The summed E-state index contributed by atoms with van der Waals surface area (Å²) in [7, 11) is 0. The first kappa shape index (κ1) is 15.6. The molecule has 1 unspecified atom stereocenters. The molecule has 1 aliphatic rings. The van der Waals surface area contributed by atoms with Crippen LogP contribution in [0, 0.1) is 17.8 Å². The highest BCUT2D eigenvalue weighted by molar-refractivity contribution is 5.78. The maximum absolute atomic E-state index is 12.0. The third kappa shape index (κ3) is 5.96. The normalized spacial score (nSPS) is 19.1. The van der Waals surface area contributed by atoms with Gasteiger partial charge in [0.15, 0.2) is 0 Å². The number of Topliss-reactive ketones (excluding diaryl/α,β-unsaturated/α-hetero) is 1. The Kier molecular flexibility index (Phi) is 7.52. The summed E-state index contributed by atoms with van der Waals surface area (Å²) in [4.78, 5) is 12.0. The van der Waals surface area contributed by atoms with E-state index >= 15 is 0 Å². The summed E-state index contributed by atoms with van der Waals surface area (Å²) in [5.41, 5.74) is 5.62. The second-order valence-electron chi connectivity index (χ2n) is 5.92. The molecule has 0 saturated carbocycles. The molecule has 0 amide bonds. The van der Waals surface area contributed by atoms with Gasteiger partial charge >= 0.3 is 0 Å². The number of nitrogens with two attached hydrogens (primary N) is 1. The van der Waals surface area contributed by atoms with Crippen LogP contribution in [0.3, 0.4) is 0 Å². The minimum absolute atomic E-state index is 0.435. The zero-order valence-electron chi connectivity index (χ0n) is 12.0. The van der Waals surface area contributed by atoms with E-state index in [2.05, 4.69) is 13.8 Å². The average molecular weight is 255 g/mol. The molecule has 0 aromatic rings. The first-order valence-electron chi connectivity index (χ1n) is 7.43. The minimum atomic E-state index is 0.435. The van der Waals surface area contributed by atoms with Gasteiger partial charge in [0.25, 0.3) is 0 Å². The first-order chi connectivity index (χ1) is 8.63. The van der Waals surface area contributed by atoms with E-state index in [0.717, 1.165) is 58.3 Å². The quantitative estimate of drug-likeness (QED) is 0.725. The van der Waals surface area contributed by atoms with Crippen molar-refractivity contribution >= 4 is 5.78 Å². The van der Waals surface area contributed by atoms with Crippen molar-refractivity contribution in [1.29, 1.82) is 0 Å². The monoisotopic (exact) mass is 255 g/mol. The average Bonchev–Trinajstić information content (AvgIpc) is 2.35. The highest BCUT2D eigenvalue weighted by Gasteiger charge is 2.19. The lowest BCUT2D eigenvalue weighted by Crippen LogP contribution is -2.20. The van der Waals surface area contributed by atoms with Gasteiger partial charge in [-0.3, -0.25) is 4.79 Å².